The number of hydrogen-bond donors (Lipinski definition) is 1. The van der Waals surface area contributed by atoms with Crippen molar-refractivity contribution in [2.45, 2.75) is 64.1 Å². The molecule has 0 radical (unpaired) electrons. The normalized spacial score (nSPS) is 14.8. The molecule has 0 bridgehead atoms. The van der Waals surface area contributed by atoms with Gasteiger partial charge in [-0.1, -0.05) is 60.8 Å². The minimum atomic E-state index is -0.570. The number of nitrogens with zero attached hydrogens (tertiary/aromatic N) is 1. The molecule has 31 heavy (non-hydrogen) atoms. The van der Waals surface area contributed by atoms with Crippen LogP contribution in [0.4, 0.5) is 0 Å². The molecule has 2 aromatic carbocycles. The van der Waals surface area contributed by atoms with Crippen molar-refractivity contribution in [1.29, 1.82) is 0 Å². The quantitative estimate of drug-likeness (QED) is 0.528. The molecule has 0 spiro atoms. The average Bonchev–Trinajstić information content (AvgIpc) is 3.29. The van der Waals surface area contributed by atoms with Gasteiger partial charge in [0.15, 0.2) is 0 Å². The van der Waals surface area contributed by atoms with E-state index in [9.17, 15) is 9.59 Å². The molecular formula is C25H31ClN2O3. The van der Waals surface area contributed by atoms with Crippen LogP contribution in [0.2, 0.25) is 5.02 Å². The van der Waals surface area contributed by atoms with Gasteiger partial charge >= 0.3 is 0 Å². The van der Waals surface area contributed by atoms with E-state index in [0.717, 1.165) is 37.0 Å². The summed E-state index contributed by atoms with van der Waals surface area (Å²) in [6.45, 7) is 2.54. The second kappa shape index (κ2) is 11.8. The molecule has 166 valence electrons. The lowest BCUT2D eigenvalue weighted by Crippen LogP contribution is -2.49. The molecule has 6 heteroatoms. The Kier molecular flexibility index (Phi) is 8.77. The standard InChI is InChI=1S/C25H31ClN2O3/c1-19(25(30)27-21-11-6-7-12-21)28(18-20-10-5-8-15-23(20)26)24(29)16-9-17-31-22-13-3-2-4-14-22/h2-5,8,10,13-15,19,21H,6-7,9,11-12,16-18H2,1H3,(H,27,30). The summed E-state index contributed by atoms with van der Waals surface area (Å²) < 4.78 is 5.70. The molecule has 1 aliphatic rings. The molecule has 1 unspecified atom stereocenters. The van der Waals surface area contributed by atoms with Crippen molar-refractivity contribution in [2.75, 3.05) is 6.61 Å². The maximum Gasteiger partial charge on any atom is 0.242 e. The smallest absolute Gasteiger partial charge is 0.242 e. The molecule has 1 atom stereocenters. The van der Waals surface area contributed by atoms with Crippen molar-refractivity contribution in [3.8, 4) is 5.75 Å². The Morgan fingerprint density at radius 1 is 1.10 bits per heavy atom. The number of ether oxygens (including phenoxy) is 1. The van der Waals surface area contributed by atoms with Crippen LogP contribution in [0.5, 0.6) is 5.75 Å². The maximum absolute atomic E-state index is 13.1. The molecular weight excluding hydrogens is 412 g/mol. The first-order valence-electron chi connectivity index (χ1n) is 11.1. The van der Waals surface area contributed by atoms with Gasteiger partial charge in [-0.15, -0.1) is 0 Å². The lowest BCUT2D eigenvalue weighted by Gasteiger charge is -2.30. The highest BCUT2D eigenvalue weighted by Gasteiger charge is 2.28. The lowest BCUT2D eigenvalue weighted by atomic mass is 10.1. The van der Waals surface area contributed by atoms with Gasteiger partial charge in [0.1, 0.15) is 11.8 Å². The van der Waals surface area contributed by atoms with E-state index in [1.54, 1.807) is 17.9 Å². The molecule has 1 fully saturated rings. The molecule has 5 nitrogen and oxygen atoms in total. The highest BCUT2D eigenvalue weighted by molar-refractivity contribution is 6.31. The largest absolute Gasteiger partial charge is 0.494 e. The third-order valence-electron chi connectivity index (χ3n) is 5.71. The number of halogens is 1. The third-order valence-corrected chi connectivity index (χ3v) is 6.08. The molecule has 0 aromatic heterocycles. The SMILES string of the molecule is CC(C(=O)NC1CCCC1)N(Cc1ccccc1Cl)C(=O)CCCOc1ccccc1. The molecule has 2 aromatic rings. The summed E-state index contributed by atoms with van der Waals surface area (Å²) in [5, 5.41) is 3.71. The van der Waals surface area contributed by atoms with Crippen molar-refractivity contribution >= 4 is 23.4 Å². The molecule has 2 amide bonds. The van der Waals surface area contributed by atoms with Crippen LogP contribution < -0.4 is 10.1 Å². The van der Waals surface area contributed by atoms with Gasteiger partial charge in [-0.25, -0.2) is 0 Å². The molecule has 1 N–H and O–H groups in total. The number of nitrogens with one attached hydrogen (secondary N) is 1. The lowest BCUT2D eigenvalue weighted by molar-refractivity contribution is -0.141. The molecule has 0 heterocycles. The Hall–Kier alpha value is -2.53. The van der Waals surface area contributed by atoms with Crippen LogP contribution in [0.3, 0.4) is 0 Å². The summed E-state index contributed by atoms with van der Waals surface area (Å²) in [5.41, 5.74) is 0.832. The number of carbonyl (C=O) groups excluding carboxylic acids is 2. The Morgan fingerprint density at radius 3 is 2.48 bits per heavy atom. The van der Waals surface area contributed by atoms with E-state index in [4.69, 9.17) is 16.3 Å². The summed E-state index contributed by atoms with van der Waals surface area (Å²) in [7, 11) is 0. The Bertz CT molecular complexity index is 853. The van der Waals surface area contributed by atoms with Gasteiger partial charge in [0.2, 0.25) is 11.8 Å². The van der Waals surface area contributed by atoms with Crippen LogP contribution in [-0.2, 0) is 16.1 Å². The van der Waals surface area contributed by atoms with E-state index >= 15 is 0 Å². The summed E-state index contributed by atoms with van der Waals surface area (Å²) in [5.74, 6) is 0.602. The number of rotatable bonds is 10. The first-order valence-corrected chi connectivity index (χ1v) is 11.4. The van der Waals surface area contributed by atoms with Gasteiger partial charge in [0.05, 0.1) is 6.61 Å². The van der Waals surface area contributed by atoms with E-state index in [-0.39, 0.29) is 17.9 Å². The van der Waals surface area contributed by atoms with Crippen LogP contribution in [0, 0.1) is 0 Å². The van der Waals surface area contributed by atoms with Gasteiger partial charge in [0, 0.05) is 24.0 Å². The van der Waals surface area contributed by atoms with Crippen LogP contribution in [0.1, 0.15) is 51.0 Å². The van der Waals surface area contributed by atoms with Gasteiger partial charge in [-0.3, -0.25) is 9.59 Å². The first kappa shape index (κ1) is 23.1. The first-order chi connectivity index (χ1) is 15.0. The molecule has 1 aliphatic carbocycles. The zero-order valence-corrected chi connectivity index (χ0v) is 18.8. The molecule has 1 saturated carbocycles. The molecule has 0 saturated heterocycles. The van der Waals surface area contributed by atoms with E-state index in [1.165, 1.54) is 0 Å². The predicted octanol–water partition coefficient (Wildman–Crippen LogP) is 4.98. The number of hydrogen-bond acceptors (Lipinski definition) is 3. The van der Waals surface area contributed by atoms with Crippen LogP contribution in [0.25, 0.3) is 0 Å². The Morgan fingerprint density at radius 2 is 1.77 bits per heavy atom. The summed E-state index contributed by atoms with van der Waals surface area (Å²) in [4.78, 5) is 27.6. The van der Waals surface area contributed by atoms with E-state index in [1.807, 2.05) is 48.5 Å². The fourth-order valence-electron chi connectivity index (χ4n) is 3.86. The molecule has 0 aliphatic heterocycles. The fraction of sp³-hybridized carbons (Fsp3) is 0.440. The van der Waals surface area contributed by atoms with Crippen molar-refractivity contribution in [3.05, 3.63) is 65.2 Å². The predicted molar refractivity (Wildman–Crippen MR) is 123 cm³/mol. The van der Waals surface area contributed by atoms with E-state index in [2.05, 4.69) is 5.32 Å². The van der Waals surface area contributed by atoms with Crippen LogP contribution >= 0.6 is 11.6 Å². The average molecular weight is 443 g/mol. The van der Waals surface area contributed by atoms with Crippen molar-refractivity contribution in [2.24, 2.45) is 0 Å². The highest BCUT2D eigenvalue weighted by atomic mass is 35.5. The van der Waals surface area contributed by atoms with Gasteiger partial charge < -0.3 is 15.0 Å². The number of benzene rings is 2. The molecule has 3 rings (SSSR count). The van der Waals surface area contributed by atoms with Gasteiger partial charge in [-0.05, 0) is 49.9 Å². The van der Waals surface area contributed by atoms with Crippen LogP contribution in [0.15, 0.2) is 54.6 Å². The zero-order chi connectivity index (χ0) is 22.1. The van der Waals surface area contributed by atoms with E-state index < -0.39 is 6.04 Å². The number of para-hydroxylation sites is 1. The Labute approximate surface area is 189 Å². The zero-order valence-electron chi connectivity index (χ0n) is 18.1. The third kappa shape index (κ3) is 7.00. The van der Waals surface area contributed by atoms with Crippen molar-refractivity contribution in [1.82, 2.24) is 10.2 Å². The number of carbonyl (C=O) groups is 2. The number of amides is 2. The van der Waals surface area contributed by atoms with Crippen molar-refractivity contribution in [3.63, 3.8) is 0 Å². The second-order valence-electron chi connectivity index (χ2n) is 8.04. The maximum atomic E-state index is 13.1. The van der Waals surface area contributed by atoms with E-state index in [0.29, 0.717) is 31.0 Å². The summed E-state index contributed by atoms with van der Waals surface area (Å²) in [6, 6.07) is 16.6. The minimum Gasteiger partial charge on any atom is -0.494 e. The van der Waals surface area contributed by atoms with Crippen LogP contribution in [-0.4, -0.2) is 35.4 Å². The topological polar surface area (TPSA) is 58.6 Å². The fourth-order valence-corrected chi connectivity index (χ4v) is 4.05. The minimum absolute atomic E-state index is 0.0781. The van der Waals surface area contributed by atoms with Crippen molar-refractivity contribution < 1.29 is 14.3 Å². The monoisotopic (exact) mass is 442 g/mol. The van der Waals surface area contributed by atoms with Gasteiger partial charge in [0.25, 0.3) is 0 Å². The summed E-state index contributed by atoms with van der Waals surface area (Å²) in [6.07, 6.45) is 5.18. The van der Waals surface area contributed by atoms with Gasteiger partial charge in [-0.2, -0.15) is 0 Å². The highest BCUT2D eigenvalue weighted by Crippen LogP contribution is 2.21. The Balaban J connectivity index is 1.61. The summed E-state index contributed by atoms with van der Waals surface area (Å²) >= 11 is 6.33. The second-order valence-corrected chi connectivity index (χ2v) is 8.45.